The van der Waals surface area contributed by atoms with Gasteiger partial charge in [0.1, 0.15) is 5.65 Å². The second-order valence-corrected chi connectivity index (χ2v) is 7.05. The van der Waals surface area contributed by atoms with Crippen LogP contribution in [0.2, 0.25) is 10.0 Å². The Morgan fingerprint density at radius 2 is 2.15 bits per heavy atom. The summed E-state index contributed by atoms with van der Waals surface area (Å²) in [7, 11) is 0. The van der Waals surface area contributed by atoms with Gasteiger partial charge in [0.15, 0.2) is 5.96 Å². The van der Waals surface area contributed by atoms with Crippen LogP contribution < -0.4 is 11.1 Å². The van der Waals surface area contributed by atoms with Gasteiger partial charge in [-0.2, -0.15) is 0 Å². The van der Waals surface area contributed by atoms with Crippen molar-refractivity contribution in [3.05, 3.63) is 69.6 Å². The zero-order valence-corrected chi connectivity index (χ0v) is 16.2. The highest BCUT2D eigenvalue weighted by Crippen LogP contribution is 2.25. The molecule has 0 amide bonds. The molecule has 5 nitrogen and oxygen atoms in total. The van der Waals surface area contributed by atoms with Crippen LogP contribution in [0.5, 0.6) is 0 Å². The Labute approximate surface area is 162 Å². The molecular weight excluding hydrogens is 369 g/mol. The van der Waals surface area contributed by atoms with E-state index in [0.717, 1.165) is 28.9 Å². The summed E-state index contributed by atoms with van der Waals surface area (Å²) in [5.74, 6) is 0.378. The summed E-state index contributed by atoms with van der Waals surface area (Å²) in [6, 6.07) is 9.40. The van der Waals surface area contributed by atoms with E-state index in [4.69, 9.17) is 28.9 Å². The Balaban J connectivity index is 1.60. The van der Waals surface area contributed by atoms with E-state index >= 15 is 0 Å². The number of imidazole rings is 1. The van der Waals surface area contributed by atoms with Gasteiger partial charge in [0.25, 0.3) is 0 Å². The fraction of sp³-hybridized carbons (Fsp3) is 0.263. The molecule has 1 unspecified atom stereocenters. The fourth-order valence-electron chi connectivity index (χ4n) is 2.81. The van der Waals surface area contributed by atoms with Gasteiger partial charge in [0.2, 0.25) is 0 Å². The van der Waals surface area contributed by atoms with E-state index in [9.17, 15) is 0 Å². The molecule has 2 aromatic heterocycles. The molecule has 0 bridgehead atoms. The molecule has 1 atom stereocenters. The number of benzene rings is 1. The zero-order chi connectivity index (χ0) is 18.7. The van der Waals surface area contributed by atoms with Crippen molar-refractivity contribution in [2.45, 2.75) is 26.3 Å². The lowest BCUT2D eigenvalue weighted by Gasteiger charge is -2.16. The van der Waals surface area contributed by atoms with Gasteiger partial charge in [-0.15, -0.1) is 0 Å². The predicted octanol–water partition coefficient (Wildman–Crippen LogP) is 4.16. The van der Waals surface area contributed by atoms with Crippen molar-refractivity contribution >= 4 is 34.8 Å². The fourth-order valence-corrected chi connectivity index (χ4v) is 3.39. The zero-order valence-electron chi connectivity index (χ0n) is 14.7. The Kier molecular flexibility index (Phi) is 5.69. The second-order valence-electron chi connectivity index (χ2n) is 6.20. The van der Waals surface area contributed by atoms with Crippen LogP contribution in [-0.2, 0) is 6.42 Å². The number of aromatic nitrogens is 2. The molecule has 3 N–H and O–H groups in total. The molecule has 3 aromatic rings. The summed E-state index contributed by atoms with van der Waals surface area (Å²) in [6.45, 7) is 4.58. The van der Waals surface area contributed by atoms with Gasteiger partial charge in [0.05, 0.1) is 11.7 Å². The number of nitrogens with zero attached hydrogens (tertiary/aromatic N) is 3. The highest BCUT2D eigenvalue weighted by Gasteiger charge is 2.10. The number of aliphatic imine (C=N–C) groups is 1. The largest absolute Gasteiger partial charge is 0.370 e. The molecule has 0 saturated heterocycles. The van der Waals surface area contributed by atoms with Crippen molar-refractivity contribution in [3.8, 4) is 0 Å². The van der Waals surface area contributed by atoms with Gasteiger partial charge >= 0.3 is 0 Å². The van der Waals surface area contributed by atoms with Gasteiger partial charge < -0.3 is 15.5 Å². The minimum absolute atomic E-state index is 0.0682. The molecule has 0 aliphatic rings. The highest BCUT2D eigenvalue weighted by atomic mass is 35.5. The molecule has 7 heteroatoms. The molecule has 0 spiro atoms. The van der Waals surface area contributed by atoms with E-state index in [1.165, 1.54) is 0 Å². The van der Waals surface area contributed by atoms with E-state index in [0.29, 0.717) is 22.5 Å². The minimum Gasteiger partial charge on any atom is -0.370 e. The van der Waals surface area contributed by atoms with Gasteiger partial charge in [-0.1, -0.05) is 35.3 Å². The third-order valence-corrected chi connectivity index (χ3v) is 4.73. The highest BCUT2D eigenvalue weighted by molar-refractivity contribution is 6.35. The van der Waals surface area contributed by atoms with Gasteiger partial charge in [-0.3, -0.25) is 4.99 Å². The number of nitrogens with two attached hydrogens (primary N) is 1. The predicted molar refractivity (Wildman–Crippen MR) is 108 cm³/mol. The summed E-state index contributed by atoms with van der Waals surface area (Å²) in [5.41, 5.74) is 10.0. The first kappa shape index (κ1) is 18.5. The maximum atomic E-state index is 6.23. The van der Waals surface area contributed by atoms with Crippen LogP contribution in [0.3, 0.4) is 0 Å². The van der Waals surface area contributed by atoms with Gasteiger partial charge in [-0.05, 0) is 43.2 Å². The number of guanidine groups is 1. The normalized spacial score (nSPS) is 13.2. The van der Waals surface area contributed by atoms with E-state index in [1.54, 1.807) is 12.1 Å². The van der Waals surface area contributed by atoms with Gasteiger partial charge in [0, 0.05) is 35.4 Å². The number of nitrogens with one attached hydrogen (secondary N) is 1. The van der Waals surface area contributed by atoms with Gasteiger partial charge in [-0.25, -0.2) is 4.98 Å². The van der Waals surface area contributed by atoms with Crippen LogP contribution in [0, 0.1) is 6.92 Å². The SMILES string of the molecule is Cc1cccn2cc(CCN=C(N)NC(C)c3ccc(Cl)cc3Cl)nc12. The molecule has 2 heterocycles. The van der Waals surface area contributed by atoms with Crippen molar-refractivity contribution in [2.75, 3.05) is 6.54 Å². The number of rotatable bonds is 5. The molecule has 136 valence electrons. The van der Waals surface area contributed by atoms with Crippen LogP contribution in [0.4, 0.5) is 0 Å². The van der Waals surface area contributed by atoms with E-state index in [2.05, 4.69) is 28.3 Å². The lowest BCUT2D eigenvalue weighted by molar-refractivity contribution is 0.707. The van der Waals surface area contributed by atoms with Crippen molar-refractivity contribution < 1.29 is 0 Å². The molecule has 3 rings (SSSR count). The van der Waals surface area contributed by atoms with Crippen LogP contribution in [0.25, 0.3) is 5.65 Å². The molecule has 0 radical (unpaired) electrons. The molecule has 0 aliphatic heterocycles. The maximum absolute atomic E-state index is 6.23. The first-order valence-corrected chi connectivity index (χ1v) is 9.14. The number of halogens is 2. The number of hydrogen-bond donors (Lipinski definition) is 2. The quantitative estimate of drug-likeness (QED) is 0.508. The molecule has 1 aromatic carbocycles. The van der Waals surface area contributed by atoms with Crippen molar-refractivity contribution in [1.29, 1.82) is 0 Å². The third-order valence-electron chi connectivity index (χ3n) is 4.17. The molecule has 0 saturated carbocycles. The first-order valence-electron chi connectivity index (χ1n) is 8.38. The number of aryl methyl sites for hydroxylation is 1. The third kappa shape index (κ3) is 4.29. The summed E-state index contributed by atoms with van der Waals surface area (Å²) >= 11 is 12.2. The summed E-state index contributed by atoms with van der Waals surface area (Å²) in [6.07, 6.45) is 4.74. The standard InChI is InChI=1S/C19H21Cl2N5/c1-12-4-3-9-26-11-15(25-18(12)26)7-8-23-19(22)24-13(2)16-6-5-14(20)10-17(16)21/h3-6,9-11,13H,7-8H2,1-2H3,(H3,22,23,24). The topological polar surface area (TPSA) is 67.7 Å². The van der Waals surface area contributed by atoms with Crippen molar-refractivity contribution in [1.82, 2.24) is 14.7 Å². The number of fused-ring (bicyclic) bond motifs is 1. The van der Waals surface area contributed by atoms with E-state index in [-0.39, 0.29) is 6.04 Å². The minimum atomic E-state index is -0.0682. The van der Waals surface area contributed by atoms with Crippen molar-refractivity contribution in [2.24, 2.45) is 10.7 Å². The Bertz CT molecular complexity index is 948. The van der Waals surface area contributed by atoms with Crippen molar-refractivity contribution in [3.63, 3.8) is 0 Å². The molecule has 0 fully saturated rings. The van der Waals surface area contributed by atoms with E-state index in [1.807, 2.05) is 35.9 Å². The Morgan fingerprint density at radius 1 is 1.35 bits per heavy atom. The molecule has 0 aliphatic carbocycles. The summed E-state index contributed by atoms with van der Waals surface area (Å²) < 4.78 is 2.03. The molecular formula is C19H21Cl2N5. The van der Waals surface area contributed by atoms with E-state index < -0.39 is 0 Å². The summed E-state index contributed by atoms with van der Waals surface area (Å²) in [4.78, 5) is 9.03. The van der Waals surface area contributed by atoms with Crippen LogP contribution in [0.1, 0.15) is 29.8 Å². The second kappa shape index (κ2) is 7.98. The van der Waals surface area contributed by atoms with Crippen LogP contribution in [0.15, 0.2) is 47.7 Å². The average molecular weight is 390 g/mol. The maximum Gasteiger partial charge on any atom is 0.189 e. The lowest BCUT2D eigenvalue weighted by atomic mass is 10.1. The monoisotopic (exact) mass is 389 g/mol. The first-order chi connectivity index (χ1) is 12.4. The smallest absolute Gasteiger partial charge is 0.189 e. The Hall–Kier alpha value is -2.24. The number of hydrogen-bond acceptors (Lipinski definition) is 2. The number of pyridine rings is 1. The summed E-state index contributed by atoms with van der Waals surface area (Å²) in [5, 5.41) is 4.36. The van der Waals surface area contributed by atoms with Crippen LogP contribution in [-0.4, -0.2) is 21.9 Å². The average Bonchev–Trinajstić information content (AvgIpc) is 2.99. The Morgan fingerprint density at radius 3 is 2.88 bits per heavy atom. The molecule has 26 heavy (non-hydrogen) atoms. The van der Waals surface area contributed by atoms with Crippen LogP contribution >= 0.6 is 23.2 Å². The lowest BCUT2D eigenvalue weighted by Crippen LogP contribution is -2.34.